The van der Waals surface area contributed by atoms with E-state index in [1.165, 1.54) is 6.33 Å². The number of hydrogen-bond donors (Lipinski definition) is 1. The van der Waals surface area contributed by atoms with Gasteiger partial charge in [-0.15, -0.1) is 0 Å². The van der Waals surface area contributed by atoms with Crippen molar-refractivity contribution in [2.75, 3.05) is 52.4 Å². The minimum absolute atomic E-state index is 0.0648. The SMILES string of the molecule is COCCN(CCOC)C(=O)CCNc1ncnc2ccccc12. The third-order valence-electron chi connectivity index (χ3n) is 3.66. The zero-order chi connectivity index (χ0) is 17.2. The first-order valence-corrected chi connectivity index (χ1v) is 7.95. The van der Waals surface area contributed by atoms with Crippen molar-refractivity contribution in [2.24, 2.45) is 0 Å². The fourth-order valence-electron chi connectivity index (χ4n) is 2.36. The molecular weight excluding hydrogens is 308 g/mol. The van der Waals surface area contributed by atoms with Gasteiger partial charge in [0.15, 0.2) is 0 Å². The van der Waals surface area contributed by atoms with Crippen molar-refractivity contribution in [1.29, 1.82) is 0 Å². The van der Waals surface area contributed by atoms with Crippen LogP contribution in [0.15, 0.2) is 30.6 Å². The highest BCUT2D eigenvalue weighted by atomic mass is 16.5. The molecule has 2 rings (SSSR count). The maximum Gasteiger partial charge on any atom is 0.224 e. The first kappa shape index (κ1) is 18.1. The molecule has 0 bridgehead atoms. The number of ether oxygens (including phenoxy) is 2. The Bertz CT molecular complexity index is 637. The summed E-state index contributed by atoms with van der Waals surface area (Å²) < 4.78 is 10.1. The molecule has 7 nitrogen and oxygen atoms in total. The Kier molecular flexibility index (Phi) is 7.38. The van der Waals surface area contributed by atoms with Crippen molar-refractivity contribution in [3.05, 3.63) is 30.6 Å². The van der Waals surface area contributed by atoms with E-state index in [-0.39, 0.29) is 5.91 Å². The lowest BCUT2D eigenvalue weighted by Crippen LogP contribution is -2.37. The maximum absolute atomic E-state index is 12.4. The monoisotopic (exact) mass is 332 g/mol. The molecular formula is C17H24N4O3. The Morgan fingerprint density at radius 2 is 1.83 bits per heavy atom. The maximum atomic E-state index is 12.4. The van der Waals surface area contributed by atoms with Crippen LogP contribution in [-0.2, 0) is 14.3 Å². The molecule has 1 amide bonds. The normalized spacial score (nSPS) is 10.8. The minimum Gasteiger partial charge on any atom is -0.383 e. The second-order valence-corrected chi connectivity index (χ2v) is 5.28. The second-order valence-electron chi connectivity index (χ2n) is 5.28. The number of nitrogens with one attached hydrogen (secondary N) is 1. The summed E-state index contributed by atoms with van der Waals surface area (Å²) in [4.78, 5) is 22.6. The number of hydrogen-bond acceptors (Lipinski definition) is 6. The predicted octanol–water partition coefficient (Wildman–Crippen LogP) is 1.55. The quantitative estimate of drug-likeness (QED) is 0.711. The summed E-state index contributed by atoms with van der Waals surface area (Å²) in [6.07, 6.45) is 1.90. The largest absolute Gasteiger partial charge is 0.383 e. The number of methoxy groups -OCH3 is 2. The van der Waals surface area contributed by atoms with E-state index < -0.39 is 0 Å². The molecule has 0 aliphatic rings. The van der Waals surface area contributed by atoms with Gasteiger partial charge in [0, 0.05) is 45.7 Å². The van der Waals surface area contributed by atoms with Crippen LogP contribution >= 0.6 is 0 Å². The molecule has 0 radical (unpaired) electrons. The molecule has 0 aliphatic heterocycles. The van der Waals surface area contributed by atoms with Gasteiger partial charge in [-0.2, -0.15) is 0 Å². The van der Waals surface area contributed by atoms with Crippen LogP contribution in [0.3, 0.4) is 0 Å². The smallest absolute Gasteiger partial charge is 0.224 e. The Labute approximate surface area is 142 Å². The number of carbonyl (C=O) groups excluding carboxylic acids is 1. The number of para-hydroxylation sites is 1. The highest BCUT2D eigenvalue weighted by molar-refractivity contribution is 5.88. The fraction of sp³-hybridized carbons (Fsp3) is 0.471. The average molecular weight is 332 g/mol. The molecule has 1 heterocycles. The lowest BCUT2D eigenvalue weighted by molar-refractivity contribution is -0.132. The molecule has 0 spiro atoms. The van der Waals surface area contributed by atoms with Gasteiger partial charge in [-0.25, -0.2) is 9.97 Å². The number of anilines is 1. The van der Waals surface area contributed by atoms with Crippen LogP contribution in [-0.4, -0.2) is 67.8 Å². The molecule has 130 valence electrons. The summed E-state index contributed by atoms with van der Waals surface area (Å²) in [5.41, 5.74) is 0.878. The predicted molar refractivity (Wildman–Crippen MR) is 93.0 cm³/mol. The first-order chi connectivity index (χ1) is 11.8. The Hall–Kier alpha value is -2.25. The van der Waals surface area contributed by atoms with Gasteiger partial charge in [-0.1, -0.05) is 12.1 Å². The second kappa shape index (κ2) is 9.79. The molecule has 7 heteroatoms. The van der Waals surface area contributed by atoms with Crippen LogP contribution in [0.1, 0.15) is 6.42 Å². The molecule has 1 N–H and O–H groups in total. The topological polar surface area (TPSA) is 76.6 Å². The summed E-state index contributed by atoms with van der Waals surface area (Å²) in [5.74, 6) is 0.809. The van der Waals surface area contributed by atoms with E-state index >= 15 is 0 Å². The van der Waals surface area contributed by atoms with Crippen molar-refractivity contribution in [1.82, 2.24) is 14.9 Å². The third-order valence-corrected chi connectivity index (χ3v) is 3.66. The van der Waals surface area contributed by atoms with Crippen LogP contribution in [0.2, 0.25) is 0 Å². The number of fused-ring (bicyclic) bond motifs is 1. The van der Waals surface area contributed by atoms with Gasteiger partial charge < -0.3 is 19.7 Å². The van der Waals surface area contributed by atoms with Gasteiger partial charge in [0.1, 0.15) is 12.1 Å². The van der Waals surface area contributed by atoms with Gasteiger partial charge in [0.2, 0.25) is 5.91 Å². The highest BCUT2D eigenvalue weighted by Gasteiger charge is 2.13. The van der Waals surface area contributed by atoms with E-state index in [4.69, 9.17) is 9.47 Å². The van der Waals surface area contributed by atoms with Crippen molar-refractivity contribution >= 4 is 22.6 Å². The lowest BCUT2D eigenvalue weighted by atomic mass is 10.2. The van der Waals surface area contributed by atoms with Crippen LogP contribution in [0.5, 0.6) is 0 Å². The van der Waals surface area contributed by atoms with Gasteiger partial charge in [0.05, 0.1) is 18.7 Å². The minimum atomic E-state index is 0.0648. The highest BCUT2D eigenvalue weighted by Crippen LogP contribution is 2.18. The summed E-state index contributed by atoms with van der Waals surface area (Å²) in [6, 6.07) is 7.78. The summed E-state index contributed by atoms with van der Waals surface area (Å²) in [6.45, 7) is 2.67. The molecule has 0 saturated heterocycles. The van der Waals surface area contributed by atoms with E-state index in [2.05, 4.69) is 15.3 Å². The van der Waals surface area contributed by atoms with Gasteiger partial charge >= 0.3 is 0 Å². The molecule has 0 atom stereocenters. The average Bonchev–Trinajstić information content (AvgIpc) is 2.62. The molecule has 2 aromatic rings. The molecule has 0 saturated carbocycles. The van der Waals surface area contributed by atoms with Gasteiger partial charge in [-0.3, -0.25) is 4.79 Å². The summed E-state index contributed by atoms with van der Waals surface area (Å²) >= 11 is 0. The number of nitrogens with zero attached hydrogens (tertiary/aromatic N) is 3. The standard InChI is InChI=1S/C17H24N4O3/c1-23-11-9-21(10-12-24-2)16(22)7-8-18-17-14-5-3-4-6-15(14)19-13-20-17/h3-6,13H,7-12H2,1-2H3,(H,18,19,20). The molecule has 0 fully saturated rings. The number of amides is 1. The van der Waals surface area contributed by atoms with Crippen molar-refractivity contribution in [3.8, 4) is 0 Å². The van der Waals surface area contributed by atoms with Crippen molar-refractivity contribution in [3.63, 3.8) is 0 Å². The third kappa shape index (κ3) is 5.14. The first-order valence-electron chi connectivity index (χ1n) is 7.95. The Morgan fingerprint density at radius 3 is 2.54 bits per heavy atom. The van der Waals surface area contributed by atoms with Crippen LogP contribution in [0.4, 0.5) is 5.82 Å². The van der Waals surface area contributed by atoms with E-state index in [1.54, 1.807) is 19.1 Å². The summed E-state index contributed by atoms with van der Waals surface area (Å²) in [7, 11) is 3.25. The number of aromatic nitrogens is 2. The fourth-order valence-corrected chi connectivity index (χ4v) is 2.36. The van der Waals surface area contributed by atoms with Crippen LogP contribution in [0.25, 0.3) is 10.9 Å². The van der Waals surface area contributed by atoms with E-state index in [0.29, 0.717) is 39.3 Å². The van der Waals surface area contributed by atoms with Crippen LogP contribution < -0.4 is 5.32 Å². The molecule has 0 unspecified atom stereocenters. The van der Waals surface area contributed by atoms with E-state index in [0.717, 1.165) is 16.7 Å². The zero-order valence-electron chi connectivity index (χ0n) is 14.2. The number of benzene rings is 1. The van der Waals surface area contributed by atoms with Crippen molar-refractivity contribution < 1.29 is 14.3 Å². The molecule has 24 heavy (non-hydrogen) atoms. The van der Waals surface area contributed by atoms with E-state index in [9.17, 15) is 4.79 Å². The zero-order valence-corrected chi connectivity index (χ0v) is 14.2. The molecule has 0 aliphatic carbocycles. The summed E-state index contributed by atoms with van der Waals surface area (Å²) in [5, 5.41) is 4.17. The van der Waals surface area contributed by atoms with E-state index in [1.807, 2.05) is 24.3 Å². The molecule has 1 aromatic carbocycles. The Morgan fingerprint density at radius 1 is 1.12 bits per heavy atom. The number of rotatable bonds is 10. The molecule has 1 aromatic heterocycles. The van der Waals surface area contributed by atoms with Crippen LogP contribution in [0, 0.1) is 0 Å². The lowest BCUT2D eigenvalue weighted by Gasteiger charge is -2.22. The van der Waals surface area contributed by atoms with Crippen molar-refractivity contribution in [2.45, 2.75) is 6.42 Å². The Balaban J connectivity index is 1.90. The van der Waals surface area contributed by atoms with Gasteiger partial charge in [-0.05, 0) is 12.1 Å². The number of carbonyl (C=O) groups is 1. The van der Waals surface area contributed by atoms with Gasteiger partial charge in [0.25, 0.3) is 0 Å².